The molecule has 0 aliphatic carbocycles. The van der Waals surface area contributed by atoms with Crippen molar-refractivity contribution in [1.29, 1.82) is 0 Å². The van der Waals surface area contributed by atoms with Gasteiger partial charge in [0.25, 0.3) is 8.32 Å². The van der Waals surface area contributed by atoms with Gasteiger partial charge in [0, 0.05) is 6.61 Å². The van der Waals surface area contributed by atoms with Gasteiger partial charge in [-0.3, -0.25) is 0 Å². The Kier molecular flexibility index (Phi) is 9.23. The summed E-state index contributed by atoms with van der Waals surface area (Å²) >= 11 is 0. The number of benzene rings is 2. The number of hydrogen-bond donors (Lipinski definition) is 1. The summed E-state index contributed by atoms with van der Waals surface area (Å²) < 4.78 is 13.4. The Morgan fingerprint density at radius 3 is 1.76 bits per heavy atom. The first-order valence-electron chi connectivity index (χ1n) is 12.6. The monoisotopic (exact) mass is 470 g/mol. The van der Waals surface area contributed by atoms with Gasteiger partial charge in [-0.1, -0.05) is 61.5 Å². The molecule has 1 unspecified atom stereocenters. The van der Waals surface area contributed by atoms with Crippen LogP contribution in [-0.2, 0) is 4.74 Å². The van der Waals surface area contributed by atoms with Crippen molar-refractivity contribution in [3.63, 3.8) is 0 Å². The molecule has 0 radical (unpaired) electrons. The third-order valence-electron chi connectivity index (χ3n) is 7.13. The minimum absolute atomic E-state index is 0.176. The number of rotatable bonds is 10. The summed E-state index contributed by atoms with van der Waals surface area (Å²) in [5.41, 5.74) is 7.17. The highest BCUT2D eigenvalue weighted by Gasteiger charge is 2.47. The molecule has 2 aromatic carbocycles. The van der Waals surface area contributed by atoms with Crippen molar-refractivity contribution >= 4 is 8.32 Å². The summed E-state index contributed by atoms with van der Waals surface area (Å²) in [6, 6.07) is 10.3. The summed E-state index contributed by atoms with van der Waals surface area (Å²) in [6.45, 7) is 25.2. The topological polar surface area (TPSA) is 38.7 Å². The lowest BCUT2D eigenvalue weighted by atomic mass is 9.90. The maximum Gasteiger partial charge on any atom is 0.258 e. The molecular formula is C29H46O3Si. The van der Waals surface area contributed by atoms with Crippen LogP contribution in [0.2, 0.25) is 16.6 Å². The molecule has 0 spiro atoms. The van der Waals surface area contributed by atoms with Gasteiger partial charge >= 0.3 is 0 Å². The second kappa shape index (κ2) is 11.1. The first-order chi connectivity index (χ1) is 15.4. The number of aromatic hydroxyl groups is 1. The second-order valence-corrected chi connectivity index (χ2v) is 16.1. The molecule has 0 amide bonds. The molecule has 0 fully saturated rings. The fourth-order valence-corrected chi connectivity index (χ4v) is 11.0. The van der Waals surface area contributed by atoms with E-state index in [1.807, 2.05) is 32.9 Å². The average Bonchev–Trinajstić information content (AvgIpc) is 2.69. The Balaban J connectivity index is 2.64. The van der Waals surface area contributed by atoms with Gasteiger partial charge in [0.05, 0.1) is 0 Å². The first-order valence-corrected chi connectivity index (χ1v) is 14.7. The minimum atomic E-state index is -2.05. The molecule has 0 saturated carbocycles. The number of phenols is 1. The maximum atomic E-state index is 10.0. The standard InChI is InChI=1S/C29H46O3Si/c1-12-31-29(28-22(10)15-25(30)16-23(28)11)24-13-14-27(26(17-24)18(2)3)32-33(19(4)5,20(6)7)21(8)9/h13-21,29-30H,12H2,1-11H3. The summed E-state index contributed by atoms with van der Waals surface area (Å²) in [6.07, 6.45) is -0.176. The predicted octanol–water partition coefficient (Wildman–Crippen LogP) is 8.81. The van der Waals surface area contributed by atoms with Crippen molar-refractivity contribution < 1.29 is 14.3 Å². The van der Waals surface area contributed by atoms with Crippen LogP contribution in [0.4, 0.5) is 0 Å². The van der Waals surface area contributed by atoms with E-state index in [0.717, 1.165) is 28.0 Å². The van der Waals surface area contributed by atoms with Gasteiger partial charge in [-0.25, -0.2) is 0 Å². The SMILES string of the molecule is CCOC(c1ccc(O[Si](C(C)C)(C(C)C)C(C)C)c(C(C)C)c1)c1c(C)cc(O)cc1C. The van der Waals surface area contributed by atoms with Gasteiger partial charge < -0.3 is 14.3 Å². The molecule has 0 aromatic heterocycles. The van der Waals surface area contributed by atoms with Crippen LogP contribution in [0.1, 0.15) is 102 Å². The Labute approximate surface area is 203 Å². The van der Waals surface area contributed by atoms with Crippen molar-refractivity contribution in [3.05, 3.63) is 58.1 Å². The molecule has 0 saturated heterocycles. The van der Waals surface area contributed by atoms with Crippen LogP contribution >= 0.6 is 0 Å². The van der Waals surface area contributed by atoms with Gasteiger partial charge in [0.2, 0.25) is 0 Å². The van der Waals surface area contributed by atoms with Crippen LogP contribution in [0.25, 0.3) is 0 Å². The van der Waals surface area contributed by atoms with Crippen LogP contribution in [0, 0.1) is 13.8 Å². The zero-order chi connectivity index (χ0) is 25.1. The van der Waals surface area contributed by atoms with Gasteiger partial charge in [0.15, 0.2) is 0 Å². The highest BCUT2D eigenvalue weighted by atomic mass is 28.4. The molecule has 0 aliphatic rings. The summed E-state index contributed by atoms with van der Waals surface area (Å²) in [5, 5.41) is 10.0. The number of hydrogen-bond acceptors (Lipinski definition) is 3. The van der Waals surface area contributed by atoms with Gasteiger partial charge in [-0.15, -0.1) is 0 Å². The van der Waals surface area contributed by atoms with Crippen LogP contribution in [0.3, 0.4) is 0 Å². The smallest absolute Gasteiger partial charge is 0.258 e. The summed E-state index contributed by atoms with van der Waals surface area (Å²) in [5.74, 6) is 1.67. The van der Waals surface area contributed by atoms with E-state index in [9.17, 15) is 5.11 Å². The lowest BCUT2D eigenvalue weighted by Crippen LogP contribution is -2.50. The highest BCUT2D eigenvalue weighted by Crippen LogP contribution is 2.45. The van der Waals surface area contributed by atoms with E-state index in [1.165, 1.54) is 5.56 Å². The van der Waals surface area contributed by atoms with Crippen molar-refractivity contribution in [1.82, 2.24) is 0 Å². The molecule has 33 heavy (non-hydrogen) atoms. The fourth-order valence-electron chi connectivity index (χ4n) is 5.70. The van der Waals surface area contributed by atoms with Crippen LogP contribution in [-0.4, -0.2) is 20.0 Å². The average molecular weight is 471 g/mol. The molecule has 0 bridgehead atoms. The quantitative estimate of drug-likeness (QED) is 0.352. The minimum Gasteiger partial charge on any atom is -0.542 e. The number of aryl methyl sites for hydroxylation is 2. The zero-order valence-electron chi connectivity index (χ0n) is 22.7. The van der Waals surface area contributed by atoms with Gasteiger partial charge in [0.1, 0.15) is 17.6 Å². The van der Waals surface area contributed by atoms with Crippen LogP contribution < -0.4 is 4.43 Å². The van der Waals surface area contributed by atoms with Crippen LogP contribution in [0.15, 0.2) is 30.3 Å². The van der Waals surface area contributed by atoms with E-state index >= 15 is 0 Å². The molecule has 4 heteroatoms. The molecule has 1 N–H and O–H groups in total. The van der Waals surface area contributed by atoms with E-state index in [-0.39, 0.29) is 6.10 Å². The second-order valence-electron chi connectivity index (χ2n) is 10.7. The molecule has 184 valence electrons. The summed E-state index contributed by atoms with van der Waals surface area (Å²) in [7, 11) is -2.05. The molecule has 1 atom stereocenters. The van der Waals surface area contributed by atoms with Crippen molar-refractivity contribution in [2.24, 2.45) is 0 Å². The molecule has 3 nitrogen and oxygen atoms in total. The maximum absolute atomic E-state index is 10.0. The number of ether oxygens (including phenoxy) is 1. The normalized spacial score (nSPS) is 13.4. The van der Waals surface area contributed by atoms with E-state index in [1.54, 1.807) is 0 Å². The lowest BCUT2D eigenvalue weighted by molar-refractivity contribution is 0.0903. The largest absolute Gasteiger partial charge is 0.542 e. The molecule has 2 rings (SSSR count). The van der Waals surface area contributed by atoms with E-state index in [0.29, 0.717) is 34.9 Å². The Morgan fingerprint density at radius 2 is 1.33 bits per heavy atom. The fraction of sp³-hybridized carbons (Fsp3) is 0.586. The summed E-state index contributed by atoms with van der Waals surface area (Å²) in [4.78, 5) is 0. The molecule has 0 aliphatic heterocycles. The lowest BCUT2D eigenvalue weighted by Gasteiger charge is -2.43. The number of phenolic OH excluding ortho intramolecular Hbond substituents is 1. The van der Waals surface area contributed by atoms with Gasteiger partial charge in [-0.05, 0) is 95.4 Å². The zero-order valence-corrected chi connectivity index (χ0v) is 23.7. The molecule has 0 heterocycles. The Bertz CT molecular complexity index is 886. The van der Waals surface area contributed by atoms with Crippen molar-refractivity contribution in [2.45, 2.75) is 105 Å². The molecule has 2 aromatic rings. The third-order valence-corrected chi connectivity index (χ3v) is 13.1. The van der Waals surface area contributed by atoms with E-state index in [2.05, 4.69) is 73.6 Å². The van der Waals surface area contributed by atoms with E-state index < -0.39 is 8.32 Å². The predicted molar refractivity (Wildman–Crippen MR) is 143 cm³/mol. The Morgan fingerprint density at radius 1 is 0.818 bits per heavy atom. The molecular weight excluding hydrogens is 424 g/mol. The Hall–Kier alpha value is -1.78. The van der Waals surface area contributed by atoms with E-state index in [4.69, 9.17) is 9.16 Å². The first kappa shape index (κ1) is 27.5. The highest BCUT2D eigenvalue weighted by molar-refractivity contribution is 6.78. The van der Waals surface area contributed by atoms with Crippen LogP contribution in [0.5, 0.6) is 11.5 Å². The third kappa shape index (κ3) is 5.66. The van der Waals surface area contributed by atoms with Gasteiger partial charge in [-0.2, -0.15) is 0 Å². The van der Waals surface area contributed by atoms with Crippen molar-refractivity contribution in [2.75, 3.05) is 6.61 Å². The van der Waals surface area contributed by atoms with Crippen molar-refractivity contribution in [3.8, 4) is 11.5 Å².